The second kappa shape index (κ2) is 6.03. The maximum atomic E-state index is 4.65. The molecule has 4 heteroatoms. The molecule has 0 aliphatic heterocycles. The highest BCUT2D eigenvalue weighted by Gasteiger charge is 2.27. The van der Waals surface area contributed by atoms with E-state index in [1.165, 1.54) is 25.7 Å². The van der Waals surface area contributed by atoms with Gasteiger partial charge in [0.15, 0.2) is 0 Å². The van der Waals surface area contributed by atoms with Crippen molar-refractivity contribution in [2.24, 2.45) is 0 Å². The van der Waals surface area contributed by atoms with E-state index in [0.29, 0.717) is 12.0 Å². The Hall–Kier alpha value is -1.32. The third-order valence-electron chi connectivity index (χ3n) is 3.42. The van der Waals surface area contributed by atoms with Gasteiger partial charge in [0.25, 0.3) is 0 Å². The van der Waals surface area contributed by atoms with E-state index in [9.17, 15) is 0 Å². The Bertz CT molecular complexity index is 387. The molecule has 1 aromatic heterocycles. The summed E-state index contributed by atoms with van der Waals surface area (Å²) in [6.07, 6.45) is 5.99. The maximum Gasteiger partial charge on any atom is 0.136 e. The van der Waals surface area contributed by atoms with Crippen molar-refractivity contribution < 1.29 is 0 Å². The van der Waals surface area contributed by atoms with Gasteiger partial charge in [0.2, 0.25) is 0 Å². The average molecular weight is 248 g/mol. The number of rotatable bonds is 7. The molecule has 1 saturated carbocycles. The number of anilines is 2. The lowest BCUT2D eigenvalue weighted by atomic mass is 10.1. The van der Waals surface area contributed by atoms with Crippen molar-refractivity contribution >= 4 is 11.6 Å². The van der Waals surface area contributed by atoms with Crippen LogP contribution in [0.3, 0.4) is 0 Å². The first-order valence-corrected chi connectivity index (χ1v) is 7.10. The van der Waals surface area contributed by atoms with Crippen LogP contribution < -0.4 is 10.6 Å². The monoisotopic (exact) mass is 248 g/mol. The topological polar surface area (TPSA) is 49.8 Å². The Morgan fingerprint density at radius 1 is 1.28 bits per heavy atom. The van der Waals surface area contributed by atoms with Gasteiger partial charge in [-0.05, 0) is 25.7 Å². The van der Waals surface area contributed by atoms with Crippen LogP contribution >= 0.6 is 0 Å². The normalized spacial score (nSPS) is 16.4. The summed E-state index contributed by atoms with van der Waals surface area (Å²) in [5, 5.41) is 6.66. The van der Waals surface area contributed by atoms with Crippen LogP contribution in [0.1, 0.15) is 57.7 Å². The molecule has 1 atom stereocenters. The highest BCUT2D eigenvalue weighted by atomic mass is 15.1. The number of nitrogens with zero attached hydrogens (tertiary/aromatic N) is 2. The maximum absolute atomic E-state index is 4.65. The molecule has 1 aliphatic carbocycles. The van der Waals surface area contributed by atoms with Crippen molar-refractivity contribution in [3.05, 3.63) is 11.9 Å². The van der Waals surface area contributed by atoms with Crippen LogP contribution in [0, 0.1) is 0 Å². The van der Waals surface area contributed by atoms with E-state index in [0.717, 1.165) is 23.9 Å². The van der Waals surface area contributed by atoms with Gasteiger partial charge < -0.3 is 10.6 Å². The lowest BCUT2D eigenvalue weighted by Gasteiger charge is -2.17. The predicted octanol–water partition coefficient (Wildman–Crippen LogP) is 3.39. The molecule has 0 spiro atoms. The fraction of sp³-hybridized carbons (Fsp3) is 0.714. The molecule has 0 radical (unpaired) electrons. The smallest absolute Gasteiger partial charge is 0.136 e. The fourth-order valence-corrected chi connectivity index (χ4v) is 2.13. The molecule has 1 fully saturated rings. The molecule has 0 aromatic carbocycles. The van der Waals surface area contributed by atoms with Crippen molar-refractivity contribution in [1.29, 1.82) is 0 Å². The lowest BCUT2D eigenvalue weighted by molar-refractivity contribution is 0.619. The van der Waals surface area contributed by atoms with Gasteiger partial charge in [-0.2, -0.15) is 0 Å². The van der Waals surface area contributed by atoms with E-state index in [1.54, 1.807) is 0 Å². The third-order valence-corrected chi connectivity index (χ3v) is 3.42. The van der Waals surface area contributed by atoms with E-state index >= 15 is 0 Å². The predicted molar refractivity (Wildman–Crippen MR) is 76.2 cm³/mol. The summed E-state index contributed by atoms with van der Waals surface area (Å²) < 4.78 is 0. The zero-order chi connectivity index (χ0) is 13.0. The van der Waals surface area contributed by atoms with Crippen LogP contribution in [0.15, 0.2) is 6.07 Å². The molecule has 1 aliphatic rings. The van der Waals surface area contributed by atoms with Gasteiger partial charge in [-0.25, -0.2) is 9.97 Å². The Morgan fingerprint density at radius 2 is 2.00 bits per heavy atom. The van der Waals surface area contributed by atoms with Gasteiger partial charge in [-0.3, -0.25) is 0 Å². The van der Waals surface area contributed by atoms with E-state index in [4.69, 9.17) is 0 Å². The molecule has 1 aromatic rings. The number of hydrogen-bond acceptors (Lipinski definition) is 4. The highest BCUT2D eigenvalue weighted by Crippen LogP contribution is 2.38. The minimum atomic E-state index is 0.515. The zero-order valence-electron chi connectivity index (χ0n) is 11.7. The van der Waals surface area contributed by atoms with Gasteiger partial charge in [-0.15, -0.1) is 0 Å². The van der Waals surface area contributed by atoms with Crippen molar-refractivity contribution in [2.75, 3.05) is 17.7 Å². The van der Waals surface area contributed by atoms with Gasteiger partial charge in [0.1, 0.15) is 17.5 Å². The first kappa shape index (κ1) is 13.1. The standard InChI is InChI=1S/C14H24N4/c1-4-6-11(5-2)16-13-9-12(15-3)17-14(18-13)10-7-8-10/h9-11H,4-8H2,1-3H3,(H2,15,16,17,18). The van der Waals surface area contributed by atoms with Gasteiger partial charge >= 0.3 is 0 Å². The first-order chi connectivity index (χ1) is 8.76. The van der Waals surface area contributed by atoms with Gasteiger partial charge in [0, 0.05) is 25.1 Å². The van der Waals surface area contributed by atoms with E-state index in [1.807, 2.05) is 13.1 Å². The molecule has 2 rings (SSSR count). The van der Waals surface area contributed by atoms with Crippen LogP contribution in [0.25, 0.3) is 0 Å². The van der Waals surface area contributed by atoms with Crippen molar-refractivity contribution in [2.45, 2.75) is 57.9 Å². The average Bonchev–Trinajstić information content (AvgIpc) is 3.22. The minimum absolute atomic E-state index is 0.515. The summed E-state index contributed by atoms with van der Waals surface area (Å²) in [6, 6.07) is 2.52. The number of nitrogens with one attached hydrogen (secondary N) is 2. The SMILES string of the molecule is CCCC(CC)Nc1cc(NC)nc(C2CC2)n1. The van der Waals surface area contributed by atoms with Crippen LogP contribution in [0.4, 0.5) is 11.6 Å². The third kappa shape index (κ3) is 3.34. The number of aromatic nitrogens is 2. The van der Waals surface area contributed by atoms with Crippen LogP contribution in [0.2, 0.25) is 0 Å². The Morgan fingerprint density at radius 3 is 2.56 bits per heavy atom. The molecular weight excluding hydrogens is 224 g/mol. The fourth-order valence-electron chi connectivity index (χ4n) is 2.13. The minimum Gasteiger partial charge on any atom is -0.373 e. The zero-order valence-corrected chi connectivity index (χ0v) is 11.7. The van der Waals surface area contributed by atoms with E-state index in [2.05, 4.69) is 34.4 Å². The van der Waals surface area contributed by atoms with Gasteiger partial charge in [-0.1, -0.05) is 20.3 Å². The summed E-state index contributed by atoms with van der Waals surface area (Å²) in [5.74, 6) is 3.47. The lowest BCUT2D eigenvalue weighted by Crippen LogP contribution is -2.19. The summed E-state index contributed by atoms with van der Waals surface area (Å²) in [7, 11) is 1.91. The molecule has 2 N–H and O–H groups in total. The Labute approximate surface area is 110 Å². The molecular formula is C14H24N4. The van der Waals surface area contributed by atoms with Gasteiger partial charge in [0.05, 0.1) is 0 Å². The summed E-state index contributed by atoms with van der Waals surface area (Å²) in [5.41, 5.74) is 0. The second-order valence-corrected chi connectivity index (χ2v) is 5.06. The van der Waals surface area contributed by atoms with Crippen molar-refractivity contribution in [3.63, 3.8) is 0 Å². The van der Waals surface area contributed by atoms with Crippen LogP contribution in [-0.2, 0) is 0 Å². The molecule has 0 saturated heterocycles. The van der Waals surface area contributed by atoms with E-state index < -0.39 is 0 Å². The first-order valence-electron chi connectivity index (χ1n) is 7.10. The summed E-state index contributed by atoms with van der Waals surface area (Å²) in [6.45, 7) is 4.44. The summed E-state index contributed by atoms with van der Waals surface area (Å²) in [4.78, 5) is 9.18. The largest absolute Gasteiger partial charge is 0.373 e. The van der Waals surface area contributed by atoms with Crippen LogP contribution in [-0.4, -0.2) is 23.1 Å². The van der Waals surface area contributed by atoms with E-state index in [-0.39, 0.29) is 0 Å². The Kier molecular flexibility index (Phi) is 4.39. The molecule has 4 nitrogen and oxygen atoms in total. The molecule has 100 valence electrons. The molecule has 18 heavy (non-hydrogen) atoms. The summed E-state index contributed by atoms with van der Waals surface area (Å²) >= 11 is 0. The molecule has 1 heterocycles. The Balaban J connectivity index is 2.12. The molecule has 0 amide bonds. The highest BCUT2D eigenvalue weighted by molar-refractivity contribution is 5.48. The molecule has 0 bridgehead atoms. The van der Waals surface area contributed by atoms with Crippen molar-refractivity contribution in [1.82, 2.24) is 9.97 Å². The molecule has 1 unspecified atom stereocenters. The second-order valence-electron chi connectivity index (χ2n) is 5.06. The van der Waals surface area contributed by atoms with Crippen LogP contribution in [0.5, 0.6) is 0 Å². The number of hydrogen-bond donors (Lipinski definition) is 2. The quantitative estimate of drug-likeness (QED) is 0.776. The van der Waals surface area contributed by atoms with Crippen molar-refractivity contribution in [3.8, 4) is 0 Å².